The third kappa shape index (κ3) is 2.02. The lowest BCUT2D eigenvalue weighted by atomic mass is 9.97. The van der Waals surface area contributed by atoms with Crippen LogP contribution >= 0.6 is 0 Å². The minimum absolute atomic E-state index is 0.0787. The summed E-state index contributed by atoms with van der Waals surface area (Å²) >= 11 is 0. The second-order valence-electron chi connectivity index (χ2n) is 4.04. The molecule has 15 heavy (non-hydrogen) atoms. The first-order chi connectivity index (χ1) is 7.18. The van der Waals surface area contributed by atoms with E-state index in [1.807, 2.05) is 13.8 Å². The lowest BCUT2D eigenvalue weighted by Crippen LogP contribution is -2.47. The molecule has 2 rings (SSSR count). The number of benzene rings is 1. The summed E-state index contributed by atoms with van der Waals surface area (Å²) in [5.41, 5.74) is 3.44. The van der Waals surface area contributed by atoms with Crippen molar-refractivity contribution in [2.24, 2.45) is 0 Å². The second-order valence-corrected chi connectivity index (χ2v) is 4.04. The number of aryl methyl sites for hydroxylation is 2. The highest BCUT2D eigenvalue weighted by Gasteiger charge is 2.24. The molecule has 1 saturated heterocycles. The summed E-state index contributed by atoms with van der Waals surface area (Å²) < 4.78 is 0. The largest absolute Gasteiger partial charge is 0.353 e. The highest BCUT2D eigenvalue weighted by atomic mass is 16.2. The Morgan fingerprint density at radius 2 is 2.07 bits per heavy atom. The summed E-state index contributed by atoms with van der Waals surface area (Å²) in [6, 6.07) is 6.03. The SMILES string of the molecule is Cc1ccc(C)c(C2NCCNC2=O)c1. The third-order valence-corrected chi connectivity index (χ3v) is 2.78. The molecule has 3 heteroatoms. The molecule has 0 aliphatic carbocycles. The van der Waals surface area contributed by atoms with E-state index in [2.05, 4.69) is 28.8 Å². The van der Waals surface area contributed by atoms with Gasteiger partial charge in [0.05, 0.1) is 0 Å². The molecular formula is C12H16N2O. The number of rotatable bonds is 1. The Balaban J connectivity index is 2.34. The summed E-state index contributed by atoms with van der Waals surface area (Å²) in [6.45, 7) is 5.64. The number of nitrogens with one attached hydrogen (secondary N) is 2. The van der Waals surface area contributed by atoms with Gasteiger partial charge in [-0.15, -0.1) is 0 Å². The summed E-state index contributed by atoms with van der Waals surface area (Å²) in [7, 11) is 0. The summed E-state index contributed by atoms with van der Waals surface area (Å²) in [4.78, 5) is 11.7. The van der Waals surface area contributed by atoms with Crippen LogP contribution in [0.2, 0.25) is 0 Å². The van der Waals surface area contributed by atoms with Crippen molar-refractivity contribution in [3.05, 3.63) is 34.9 Å². The van der Waals surface area contributed by atoms with Crippen LogP contribution in [0.3, 0.4) is 0 Å². The average molecular weight is 204 g/mol. The van der Waals surface area contributed by atoms with Gasteiger partial charge in [0.25, 0.3) is 0 Å². The molecule has 1 aromatic carbocycles. The fraction of sp³-hybridized carbons (Fsp3) is 0.417. The molecule has 0 radical (unpaired) electrons. The van der Waals surface area contributed by atoms with E-state index in [0.29, 0.717) is 0 Å². The van der Waals surface area contributed by atoms with Crippen LogP contribution in [0.15, 0.2) is 18.2 Å². The van der Waals surface area contributed by atoms with Crippen molar-refractivity contribution in [2.75, 3.05) is 13.1 Å². The van der Waals surface area contributed by atoms with Crippen molar-refractivity contribution in [1.82, 2.24) is 10.6 Å². The van der Waals surface area contributed by atoms with E-state index in [0.717, 1.165) is 24.2 Å². The van der Waals surface area contributed by atoms with E-state index in [4.69, 9.17) is 0 Å². The highest BCUT2D eigenvalue weighted by Crippen LogP contribution is 2.20. The lowest BCUT2D eigenvalue weighted by molar-refractivity contribution is -0.124. The fourth-order valence-electron chi connectivity index (χ4n) is 1.92. The van der Waals surface area contributed by atoms with Gasteiger partial charge < -0.3 is 10.6 Å². The van der Waals surface area contributed by atoms with Crippen LogP contribution in [0.25, 0.3) is 0 Å². The Bertz CT molecular complexity index is 387. The summed E-state index contributed by atoms with van der Waals surface area (Å²) in [6.07, 6.45) is 0. The van der Waals surface area contributed by atoms with Crippen molar-refractivity contribution in [3.8, 4) is 0 Å². The average Bonchev–Trinajstić information content (AvgIpc) is 2.23. The maximum atomic E-state index is 11.7. The zero-order valence-electron chi connectivity index (χ0n) is 9.13. The first-order valence-corrected chi connectivity index (χ1v) is 5.27. The predicted molar refractivity (Wildman–Crippen MR) is 59.7 cm³/mol. The molecule has 0 spiro atoms. The third-order valence-electron chi connectivity index (χ3n) is 2.78. The molecule has 1 aromatic rings. The van der Waals surface area contributed by atoms with Crippen LogP contribution < -0.4 is 10.6 Å². The Kier molecular flexibility index (Phi) is 2.73. The molecule has 0 bridgehead atoms. The molecule has 1 heterocycles. The monoisotopic (exact) mass is 204 g/mol. The standard InChI is InChI=1S/C12H16N2O/c1-8-3-4-9(2)10(7-8)11-12(15)14-6-5-13-11/h3-4,7,11,13H,5-6H2,1-2H3,(H,14,15). The molecule has 1 amide bonds. The van der Waals surface area contributed by atoms with Crippen LogP contribution in [0, 0.1) is 13.8 Å². The van der Waals surface area contributed by atoms with Crippen LogP contribution in [0.1, 0.15) is 22.7 Å². The van der Waals surface area contributed by atoms with Gasteiger partial charge in [0, 0.05) is 13.1 Å². The van der Waals surface area contributed by atoms with E-state index >= 15 is 0 Å². The Hall–Kier alpha value is -1.35. The number of hydrogen-bond donors (Lipinski definition) is 2. The van der Waals surface area contributed by atoms with E-state index in [-0.39, 0.29) is 11.9 Å². The van der Waals surface area contributed by atoms with E-state index in [1.165, 1.54) is 5.56 Å². The first-order valence-electron chi connectivity index (χ1n) is 5.27. The molecule has 2 N–H and O–H groups in total. The predicted octanol–water partition coefficient (Wildman–Crippen LogP) is 1.06. The smallest absolute Gasteiger partial charge is 0.241 e. The van der Waals surface area contributed by atoms with Crippen molar-refractivity contribution in [1.29, 1.82) is 0 Å². The molecule has 0 saturated carbocycles. The Morgan fingerprint density at radius 1 is 1.27 bits per heavy atom. The van der Waals surface area contributed by atoms with Gasteiger partial charge >= 0.3 is 0 Å². The number of carbonyl (C=O) groups excluding carboxylic acids is 1. The van der Waals surface area contributed by atoms with Gasteiger partial charge in [0.15, 0.2) is 0 Å². The van der Waals surface area contributed by atoms with Gasteiger partial charge in [0.2, 0.25) is 5.91 Å². The summed E-state index contributed by atoms with van der Waals surface area (Å²) in [5.74, 6) is 0.0787. The topological polar surface area (TPSA) is 41.1 Å². The van der Waals surface area contributed by atoms with Crippen LogP contribution in [0.5, 0.6) is 0 Å². The summed E-state index contributed by atoms with van der Waals surface area (Å²) in [5, 5.41) is 6.12. The maximum Gasteiger partial charge on any atom is 0.241 e. The minimum atomic E-state index is -0.182. The van der Waals surface area contributed by atoms with Crippen molar-refractivity contribution < 1.29 is 4.79 Å². The van der Waals surface area contributed by atoms with Crippen molar-refractivity contribution >= 4 is 5.91 Å². The second kappa shape index (κ2) is 4.03. The van der Waals surface area contributed by atoms with Gasteiger partial charge in [0.1, 0.15) is 6.04 Å². The van der Waals surface area contributed by atoms with Gasteiger partial charge in [-0.1, -0.05) is 23.8 Å². The molecule has 1 aliphatic heterocycles. The van der Waals surface area contributed by atoms with Crippen LogP contribution in [0.4, 0.5) is 0 Å². The van der Waals surface area contributed by atoms with Crippen LogP contribution in [-0.4, -0.2) is 19.0 Å². The molecule has 1 fully saturated rings. The Labute approximate surface area is 89.9 Å². The number of piperazine rings is 1. The molecule has 1 unspecified atom stereocenters. The molecule has 0 aromatic heterocycles. The Morgan fingerprint density at radius 3 is 2.80 bits per heavy atom. The van der Waals surface area contributed by atoms with Gasteiger partial charge in [-0.05, 0) is 25.0 Å². The maximum absolute atomic E-state index is 11.7. The number of amides is 1. The minimum Gasteiger partial charge on any atom is -0.353 e. The van der Waals surface area contributed by atoms with E-state index < -0.39 is 0 Å². The van der Waals surface area contributed by atoms with Crippen LogP contribution in [-0.2, 0) is 4.79 Å². The normalized spacial score (nSPS) is 21.2. The van der Waals surface area contributed by atoms with Crippen molar-refractivity contribution in [2.45, 2.75) is 19.9 Å². The quantitative estimate of drug-likeness (QED) is 0.718. The number of carbonyl (C=O) groups is 1. The lowest BCUT2D eigenvalue weighted by Gasteiger charge is -2.25. The molecule has 3 nitrogen and oxygen atoms in total. The first kappa shape index (κ1) is 10.2. The zero-order valence-corrected chi connectivity index (χ0v) is 9.13. The van der Waals surface area contributed by atoms with Gasteiger partial charge in [-0.3, -0.25) is 4.79 Å². The zero-order chi connectivity index (χ0) is 10.8. The highest BCUT2D eigenvalue weighted by molar-refractivity contribution is 5.84. The molecular weight excluding hydrogens is 188 g/mol. The van der Waals surface area contributed by atoms with Gasteiger partial charge in [-0.2, -0.15) is 0 Å². The van der Waals surface area contributed by atoms with E-state index in [9.17, 15) is 4.79 Å². The molecule has 1 aliphatic rings. The van der Waals surface area contributed by atoms with E-state index in [1.54, 1.807) is 0 Å². The number of hydrogen-bond acceptors (Lipinski definition) is 2. The van der Waals surface area contributed by atoms with Gasteiger partial charge in [-0.25, -0.2) is 0 Å². The fourth-order valence-corrected chi connectivity index (χ4v) is 1.92. The van der Waals surface area contributed by atoms with Crippen molar-refractivity contribution in [3.63, 3.8) is 0 Å². The molecule has 1 atom stereocenters. The molecule has 80 valence electrons.